The summed E-state index contributed by atoms with van der Waals surface area (Å²) in [4.78, 5) is 2.51. The number of rotatable bonds is 6. The number of thioether (sulfide) groups is 1. The van der Waals surface area contributed by atoms with Crippen LogP contribution in [0, 0.1) is 5.92 Å². The van der Waals surface area contributed by atoms with Crippen molar-refractivity contribution in [1.82, 2.24) is 10.2 Å². The van der Waals surface area contributed by atoms with E-state index in [-0.39, 0.29) is 6.61 Å². The molecule has 1 atom stereocenters. The Morgan fingerprint density at radius 3 is 2.79 bits per heavy atom. The second kappa shape index (κ2) is 7.51. The minimum absolute atomic E-state index is 0.285. The van der Waals surface area contributed by atoms with Gasteiger partial charge in [0.25, 0.3) is 0 Å². The predicted octanol–water partition coefficient (Wildman–Crippen LogP) is 0.253. The van der Waals surface area contributed by atoms with Crippen molar-refractivity contribution in [2.24, 2.45) is 5.92 Å². The van der Waals surface area contributed by atoms with E-state index in [1.54, 1.807) is 0 Å². The molecule has 0 aliphatic carbocycles. The van der Waals surface area contributed by atoms with Crippen molar-refractivity contribution in [3.63, 3.8) is 0 Å². The summed E-state index contributed by atoms with van der Waals surface area (Å²) < 4.78 is 0. The average molecular weight is 218 g/mol. The van der Waals surface area contributed by atoms with E-state index in [2.05, 4.69) is 28.9 Å². The van der Waals surface area contributed by atoms with Crippen LogP contribution in [0.25, 0.3) is 0 Å². The van der Waals surface area contributed by atoms with Gasteiger partial charge >= 0.3 is 0 Å². The highest BCUT2D eigenvalue weighted by Crippen LogP contribution is 2.07. The number of nitrogens with one attached hydrogen (secondary N) is 1. The first-order chi connectivity index (χ1) is 6.83. The molecular formula is C10H22N2OS. The molecule has 1 saturated heterocycles. The van der Waals surface area contributed by atoms with E-state index < -0.39 is 0 Å². The third-order valence-electron chi connectivity index (χ3n) is 2.51. The Hall–Kier alpha value is 0.230. The maximum Gasteiger partial charge on any atom is 0.0468 e. The summed E-state index contributed by atoms with van der Waals surface area (Å²) in [6.07, 6.45) is 0. The van der Waals surface area contributed by atoms with Gasteiger partial charge in [-0.05, 0) is 12.5 Å². The fraction of sp³-hybridized carbons (Fsp3) is 1.00. The molecule has 0 amide bonds. The lowest BCUT2D eigenvalue weighted by atomic mass is 10.2. The molecule has 1 rings (SSSR count). The van der Waals surface area contributed by atoms with Crippen molar-refractivity contribution in [2.75, 3.05) is 50.8 Å². The minimum Gasteiger partial charge on any atom is -0.396 e. The van der Waals surface area contributed by atoms with Crippen molar-refractivity contribution in [1.29, 1.82) is 0 Å². The molecule has 0 saturated carbocycles. The van der Waals surface area contributed by atoms with E-state index in [1.165, 1.54) is 24.6 Å². The molecule has 0 aromatic rings. The quantitative estimate of drug-likeness (QED) is 0.627. The van der Waals surface area contributed by atoms with Gasteiger partial charge in [0.1, 0.15) is 0 Å². The molecular weight excluding hydrogens is 196 g/mol. The summed E-state index contributed by atoms with van der Waals surface area (Å²) >= 11 is 2.05. The van der Waals surface area contributed by atoms with Crippen LogP contribution in [0.1, 0.15) is 6.92 Å². The van der Waals surface area contributed by atoms with Gasteiger partial charge in [0.2, 0.25) is 0 Å². The van der Waals surface area contributed by atoms with Gasteiger partial charge in [-0.15, -0.1) is 0 Å². The van der Waals surface area contributed by atoms with E-state index in [4.69, 9.17) is 5.11 Å². The van der Waals surface area contributed by atoms with E-state index >= 15 is 0 Å². The highest BCUT2D eigenvalue weighted by atomic mass is 32.2. The molecule has 0 radical (unpaired) electrons. The van der Waals surface area contributed by atoms with E-state index in [0.717, 1.165) is 19.6 Å². The normalized spacial score (nSPS) is 21.0. The molecule has 1 unspecified atom stereocenters. The van der Waals surface area contributed by atoms with Gasteiger partial charge in [-0.2, -0.15) is 11.8 Å². The number of hydrogen-bond acceptors (Lipinski definition) is 4. The lowest BCUT2D eigenvalue weighted by Crippen LogP contribution is -2.38. The Labute approximate surface area is 91.2 Å². The second-order valence-corrected chi connectivity index (χ2v) is 5.17. The third-order valence-corrected chi connectivity index (χ3v) is 3.46. The van der Waals surface area contributed by atoms with Crippen LogP contribution in [-0.2, 0) is 0 Å². The van der Waals surface area contributed by atoms with Gasteiger partial charge in [-0.3, -0.25) is 0 Å². The van der Waals surface area contributed by atoms with Crippen LogP contribution in [0.15, 0.2) is 0 Å². The molecule has 1 fully saturated rings. The minimum atomic E-state index is 0.285. The van der Waals surface area contributed by atoms with Crippen molar-refractivity contribution in [3.05, 3.63) is 0 Å². The maximum absolute atomic E-state index is 8.83. The predicted molar refractivity (Wildman–Crippen MR) is 62.9 cm³/mol. The van der Waals surface area contributed by atoms with Gasteiger partial charge in [0.05, 0.1) is 0 Å². The molecule has 1 aliphatic heterocycles. The van der Waals surface area contributed by atoms with Crippen molar-refractivity contribution >= 4 is 11.8 Å². The van der Waals surface area contributed by atoms with Crippen LogP contribution in [0.2, 0.25) is 0 Å². The monoisotopic (exact) mass is 218 g/mol. The first-order valence-electron chi connectivity index (χ1n) is 5.44. The average Bonchev–Trinajstić information content (AvgIpc) is 2.25. The Morgan fingerprint density at radius 1 is 1.43 bits per heavy atom. The SMILES string of the molecule is CC(CO)CNCCN1CCSCC1. The number of nitrogens with zero attached hydrogens (tertiary/aromatic N) is 1. The fourth-order valence-corrected chi connectivity index (χ4v) is 2.45. The smallest absolute Gasteiger partial charge is 0.0468 e. The number of aliphatic hydroxyl groups is 1. The van der Waals surface area contributed by atoms with Crippen LogP contribution >= 0.6 is 11.8 Å². The standard InChI is InChI=1S/C10H22N2OS/c1-10(9-13)8-11-2-3-12-4-6-14-7-5-12/h10-11,13H,2-9H2,1H3. The maximum atomic E-state index is 8.83. The highest BCUT2D eigenvalue weighted by Gasteiger charge is 2.09. The summed E-state index contributed by atoms with van der Waals surface area (Å²) in [6.45, 7) is 7.95. The highest BCUT2D eigenvalue weighted by molar-refractivity contribution is 7.99. The van der Waals surface area contributed by atoms with E-state index in [9.17, 15) is 0 Å². The Balaban J connectivity index is 1.92. The summed E-state index contributed by atoms with van der Waals surface area (Å²) in [5, 5.41) is 12.2. The lowest BCUT2D eigenvalue weighted by molar-refractivity contribution is 0.230. The zero-order valence-electron chi connectivity index (χ0n) is 9.04. The van der Waals surface area contributed by atoms with E-state index in [0.29, 0.717) is 5.92 Å². The fourth-order valence-electron chi connectivity index (χ4n) is 1.47. The molecule has 1 aliphatic rings. The van der Waals surface area contributed by atoms with Gasteiger partial charge in [-0.1, -0.05) is 6.92 Å². The topological polar surface area (TPSA) is 35.5 Å². The van der Waals surface area contributed by atoms with Crippen LogP contribution in [0.4, 0.5) is 0 Å². The summed E-state index contributed by atoms with van der Waals surface area (Å²) in [5.41, 5.74) is 0. The van der Waals surface area contributed by atoms with Gasteiger partial charge in [-0.25, -0.2) is 0 Å². The largest absolute Gasteiger partial charge is 0.396 e. The van der Waals surface area contributed by atoms with Gasteiger partial charge in [0, 0.05) is 44.3 Å². The molecule has 14 heavy (non-hydrogen) atoms. The molecule has 3 nitrogen and oxygen atoms in total. The van der Waals surface area contributed by atoms with Crippen LogP contribution in [0.3, 0.4) is 0 Å². The van der Waals surface area contributed by atoms with Crippen molar-refractivity contribution in [3.8, 4) is 0 Å². The van der Waals surface area contributed by atoms with E-state index in [1.807, 2.05) is 0 Å². The molecule has 4 heteroatoms. The zero-order valence-corrected chi connectivity index (χ0v) is 9.85. The number of hydrogen-bond donors (Lipinski definition) is 2. The van der Waals surface area contributed by atoms with Gasteiger partial charge in [0.15, 0.2) is 0 Å². The molecule has 84 valence electrons. The third kappa shape index (κ3) is 5.20. The molecule has 0 aromatic carbocycles. The molecule has 1 heterocycles. The van der Waals surface area contributed by atoms with Gasteiger partial charge < -0.3 is 15.3 Å². The van der Waals surface area contributed by atoms with Crippen molar-refractivity contribution < 1.29 is 5.11 Å². The summed E-state index contributed by atoms with van der Waals surface area (Å²) in [7, 11) is 0. The molecule has 0 aromatic heterocycles. The Morgan fingerprint density at radius 2 is 2.14 bits per heavy atom. The molecule has 2 N–H and O–H groups in total. The first-order valence-corrected chi connectivity index (χ1v) is 6.60. The number of aliphatic hydroxyl groups excluding tert-OH is 1. The summed E-state index contributed by atoms with van der Waals surface area (Å²) in [6, 6.07) is 0. The second-order valence-electron chi connectivity index (χ2n) is 3.95. The van der Waals surface area contributed by atoms with Crippen LogP contribution < -0.4 is 5.32 Å². The van der Waals surface area contributed by atoms with Crippen molar-refractivity contribution in [2.45, 2.75) is 6.92 Å². The van der Waals surface area contributed by atoms with Crippen LogP contribution in [0.5, 0.6) is 0 Å². The zero-order chi connectivity index (χ0) is 10.2. The first kappa shape index (κ1) is 12.3. The Kier molecular flexibility index (Phi) is 6.60. The molecule has 0 spiro atoms. The Bertz CT molecular complexity index is 140. The lowest BCUT2D eigenvalue weighted by Gasteiger charge is -2.26. The summed E-state index contributed by atoms with van der Waals surface area (Å²) in [5.74, 6) is 2.95. The molecule has 0 bridgehead atoms. The van der Waals surface area contributed by atoms with Crippen LogP contribution in [-0.4, -0.2) is 60.8 Å².